The Kier molecular flexibility index (Phi) is 4.77. The van der Waals surface area contributed by atoms with Gasteiger partial charge in [-0.2, -0.15) is 0 Å². The molecule has 1 aliphatic rings. The number of nitrogens with one attached hydrogen (secondary N) is 1. The molecular weight excluding hydrogens is 330 g/mol. The zero-order valence-electron chi connectivity index (χ0n) is 14.9. The fourth-order valence-electron chi connectivity index (χ4n) is 3.23. The fraction of sp³-hybridized carbons (Fsp3) is 0.350. The maximum absolute atomic E-state index is 11.3. The first-order valence-electron chi connectivity index (χ1n) is 8.94. The largest absolute Gasteiger partial charge is 0.492 e. The van der Waals surface area contributed by atoms with E-state index in [4.69, 9.17) is 9.15 Å². The van der Waals surface area contributed by atoms with Crippen molar-refractivity contribution in [1.29, 1.82) is 0 Å². The average Bonchev–Trinajstić information content (AvgIpc) is 3.03. The van der Waals surface area contributed by atoms with Crippen LogP contribution in [0.2, 0.25) is 0 Å². The van der Waals surface area contributed by atoms with E-state index < -0.39 is 5.76 Å². The predicted octanol–water partition coefficient (Wildman–Crippen LogP) is 2.41. The molecule has 0 amide bonds. The fourth-order valence-corrected chi connectivity index (χ4v) is 3.23. The van der Waals surface area contributed by atoms with Gasteiger partial charge in [-0.25, -0.2) is 4.79 Å². The minimum Gasteiger partial charge on any atom is -0.492 e. The maximum Gasteiger partial charge on any atom is 0.417 e. The SMILES string of the molecule is CN1CCN(CCOc2ccc(-c3ccc4[nH]c(=O)oc4c3)cc2)CC1. The number of fused-ring (bicyclic) bond motifs is 1. The molecule has 0 radical (unpaired) electrons. The number of likely N-dealkylation sites (N-methyl/N-ethyl adjacent to an activating group) is 1. The van der Waals surface area contributed by atoms with E-state index >= 15 is 0 Å². The highest BCUT2D eigenvalue weighted by Gasteiger charge is 2.13. The highest BCUT2D eigenvalue weighted by atomic mass is 16.5. The normalized spacial score (nSPS) is 16.2. The zero-order valence-corrected chi connectivity index (χ0v) is 14.9. The number of H-pyrrole nitrogens is 1. The summed E-state index contributed by atoms with van der Waals surface area (Å²) in [5.74, 6) is 0.443. The summed E-state index contributed by atoms with van der Waals surface area (Å²) < 4.78 is 11.0. The second kappa shape index (κ2) is 7.35. The van der Waals surface area contributed by atoms with Crippen molar-refractivity contribution in [1.82, 2.24) is 14.8 Å². The molecule has 4 rings (SSSR count). The van der Waals surface area contributed by atoms with Crippen LogP contribution in [-0.2, 0) is 0 Å². The summed E-state index contributed by atoms with van der Waals surface area (Å²) in [6.07, 6.45) is 0. The lowest BCUT2D eigenvalue weighted by Crippen LogP contribution is -2.45. The number of aromatic amines is 1. The highest BCUT2D eigenvalue weighted by molar-refractivity contribution is 5.79. The quantitative estimate of drug-likeness (QED) is 0.763. The Labute approximate surface area is 152 Å². The van der Waals surface area contributed by atoms with Crippen LogP contribution in [0.4, 0.5) is 0 Å². The third kappa shape index (κ3) is 3.81. The summed E-state index contributed by atoms with van der Waals surface area (Å²) in [6, 6.07) is 13.7. The maximum atomic E-state index is 11.3. The van der Waals surface area contributed by atoms with E-state index in [1.54, 1.807) is 0 Å². The number of oxazole rings is 1. The van der Waals surface area contributed by atoms with Crippen molar-refractivity contribution in [2.24, 2.45) is 0 Å². The van der Waals surface area contributed by atoms with Gasteiger partial charge >= 0.3 is 5.76 Å². The van der Waals surface area contributed by atoms with Gasteiger partial charge in [-0.15, -0.1) is 0 Å². The molecule has 6 nitrogen and oxygen atoms in total. The Bertz CT molecular complexity index is 921. The van der Waals surface area contributed by atoms with Gasteiger partial charge in [-0.1, -0.05) is 18.2 Å². The van der Waals surface area contributed by atoms with E-state index in [9.17, 15) is 4.79 Å². The lowest BCUT2D eigenvalue weighted by molar-refractivity contribution is 0.134. The van der Waals surface area contributed by atoms with Crippen molar-refractivity contribution in [2.45, 2.75) is 0 Å². The molecule has 1 N–H and O–H groups in total. The molecule has 2 aromatic carbocycles. The van der Waals surface area contributed by atoms with Crippen LogP contribution in [0.15, 0.2) is 51.7 Å². The van der Waals surface area contributed by atoms with Gasteiger partial charge in [-0.3, -0.25) is 9.88 Å². The van der Waals surface area contributed by atoms with Crippen molar-refractivity contribution in [2.75, 3.05) is 46.4 Å². The van der Waals surface area contributed by atoms with Crippen LogP contribution < -0.4 is 10.5 Å². The number of aromatic nitrogens is 1. The first kappa shape index (κ1) is 16.9. The summed E-state index contributed by atoms with van der Waals surface area (Å²) >= 11 is 0. The van der Waals surface area contributed by atoms with Crippen LogP contribution >= 0.6 is 0 Å². The topological polar surface area (TPSA) is 61.7 Å². The van der Waals surface area contributed by atoms with Crippen molar-refractivity contribution >= 4 is 11.1 Å². The second-order valence-corrected chi connectivity index (χ2v) is 6.74. The molecule has 0 unspecified atom stereocenters. The van der Waals surface area contributed by atoms with Crippen LogP contribution in [-0.4, -0.2) is 61.2 Å². The summed E-state index contributed by atoms with van der Waals surface area (Å²) in [4.78, 5) is 18.7. The van der Waals surface area contributed by atoms with E-state index in [1.807, 2.05) is 42.5 Å². The van der Waals surface area contributed by atoms with Gasteiger partial charge in [0, 0.05) is 32.7 Å². The molecular formula is C20H23N3O3. The van der Waals surface area contributed by atoms with E-state index in [2.05, 4.69) is 21.8 Å². The Balaban J connectivity index is 1.36. The Morgan fingerprint density at radius 2 is 1.77 bits per heavy atom. The van der Waals surface area contributed by atoms with Crippen LogP contribution in [0, 0.1) is 0 Å². The highest BCUT2D eigenvalue weighted by Crippen LogP contribution is 2.25. The number of rotatable bonds is 5. The minimum absolute atomic E-state index is 0.429. The van der Waals surface area contributed by atoms with Gasteiger partial charge in [0.15, 0.2) is 5.58 Å². The Morgan fingerprint density at radius 3 is 2.54 bits per heavy atom. The molecule has 3 aromatic rings. The van der Waals surface area contributed by atoms with E-state index in [0.29, 0.717) is 17.7 Å². The molecule has 26 heavy (non-hydrogen) atoms. The van der Waals surface area contributed by atoms with E-state index in [-0.39, 0.29) is 0 Å². The second-order valence-electron chi connectivity index (χ2n) is 6.74. The molecule has 0 aliphatic carbocycles. The number of hydrogen-bond acceptors (Lipinski definition) is 5. The molecule has 1 saturated heterocycles. The molecule has 0 spiro atoms. The lowest BCUT2D eigenvalue weighted by atomic mass is 10.1. The molecule has 136 valence electrons. The van der Waals surface area contributed by atoms with Crippen molar-refractivity contribution in [3.63, 3.8) is 0 Å². The summed E-state index contributed by atoms with van der Waals surface area (Å²) in [6.45, 7) is 6.12. The molecule has 1 aliphatic heterocycles. The van der Waals surface area contributed by atoms with Crippen molar-refractivity contribution in [3.05, 3.63) is 53.0 Å². The van der Waals surface area contributed by atoms with Gasteiger partial charge in [0.05, 0.1) is 5.52 Å². The smallest absolute Gasteiger partial charge is 0.417 e. The number of benzene rings is 2. The van der Waals surface area contributed by atoms with Crippen molar-refractivity contribution in [3.8, 4) is 16.9 Å². The lowest BCUT2D eigenvalue weighted by Gasteiger charge is -2.32. The third-order valence-corrected chi connectivity index (χ3v) is 4.88. The zero-order chi connectivity index (χ0) is 17.9. The molecule has 1 fully saturated rings. The van der Waals surface area contributed by atoms with Gasteiger partial charge in [0.1, 0.15) is 12.4 Å². The molecule has 0 saturated carbocycles. The Morgan fingerprint density at radius 1 is 1.04 bits per heavy atom. The summed E-state index contributed by atoms with van der Waals surface area (Å²) in [5, 5.41) is 0. The standard InChI is InChI=1S/C20H23N3O3/c1-22-8-10-23(11-9-22)12-13-25-17-5-2-15(3-6-17)16-4-7-18-19(14-16)26-20(24)21-18/h2-7,14H,8-13H2,1H3,(H,21,24). The molecule has 2 heterocycles. The molecule has 1 aromatic heterocycles. The first-order chi connectivity index (χ1) is 12.7. The van der Waals surface area contributed by atoms with Crippen LogP contribution in [0.5, 0.6) is 5.75 Å². The van der Waals surface area contributed by atoms with E-state index in [0.717, 1.165) is 49.6 Å². The molecule has 0 bridgehead atoms. The third-order valence-electron chi connectivity index (χ3n) is 4.88. The molecule has 0 atom stereocenters. The van der Waals surface area contributed by atoms with Gasteiger partial charge in [-0.05, 0) is 42.4 Å². The van der Waals surface area contributed by atoms with Crippen LogP contribution in [0.25, 0.3) is 22.2 Å². The number of ether oxygens (including phenoxy) is 1. The number of nitrogens with zero attached hydrogens (tertiary/aromatic N) is 2. The Hall–Kier alpha value is -2.57. The van der Waals surface area contributed by atoms with Gasteiger partial charge in [0.2, 0.25) is 0 Å². The number of hydrogen-bond donors (Lipinski definition) is 1. The monoisotopic (exact) mass is 353 g/mol. The molecule has 6 heteroatoms. The van der Waals surface area contributed by atoms with Gasteiger partial charge < -0.3 is 14.1 Å². The van der Waals surface area contributed by atoms with Crippen LogP contribution in [0.3, 0.4) is 0 Å². The predicted molar refractivity (Wildman–Crippen MR) is 102 cm³/mol. The summed E-state index contributed by atoms with van der Waals surface area (Å²) in [7, 11) is 2.16. The van der Waals surface area contributed by atoms with Crippen LogP contribution in [0.1, 0.15) is 0 Å². The van der Waals surface area contributed by atoms with Crippen molar-refractivity contribution < 1.29 is 9.15 Å². The first-order valence-corrected chi connectivity index (χ1v) is 8.94. The summed E-state index contributed by atoms with van der Waals surface area (Å²) in [5.41, 5.74) is 3.34. The minimum atomic E-state index is -0.429. The average molecular weight is 353 g/mol. The van der Waals surface area contributed by atoms with Gasteiger partial charge in [0.25, 0.3) is 0 Å². The van der Waals surface area contributed by atoms with E-state index in [1.165, 1.54) is 0 Å². The number of piperazine rings is 1.